The Bertz CT molecular complexity index is 485. The number of hydrogen-bond acceptors (Lipinski definition) is 3. The number of methoxy groups -OCH3 is 1. The first-order valence-corrected chi connectivity index (χ1v) is 5.15. The number of ketones is 1. The van der Waals surface area contributed by atoms with Crippen molar-refractivity contribution in [2.45, 2.75) is 13.3 Å². The maximum Gasteiger partial charge on any atom is 0.306 e. The van der Waals surface area contributed by atoms with Crippen molar-refractivity contribution in [2.24, 2.45) is 5.92 Å². The molecule has 1 aromatic carbocycles. The average molecular weight is 258 g/mol. The summed E-state index contributed by atoms with van der Waals surface area (Å²) in [4.78, 5) is 22.2. The third-order valence-corrected chi connectivity index (χ3v) is 2.46. The van der Waals surface area contributed by atoms with Gasteiger partial charge >= 0.3 is 5.97 Å². The van der Waals surface area contributed by atoms with Crippen molar-refractivity contribution in [2.75, 3.05) is 7.11 Å². The number of benzene rings is 1. The second-order valence-electron chi connectivity index (χ2n) is 3.83. The van der Waals surface area contributed by atoms with E-state index in [1.54, 1.807) is 0 Å². The van der Waals surface area contributed by atoms with Crippen molar-refractivity contribution in [1.29, 1.82) is 0 Å². The van der Waals surface area contributed by atoms with Crippen LogP contribution in [0, 0.1) is 17.6 Å². The highest BCUT2D eigenvalue weighted by Crippen LogP contribution is 2.23. The van der Waals surface area contributed by atoms with Gasteiger partial charge in [0.25, 0.3) is 0 Å². The monoisotopic (exact) mass is 258 g/mol. The summed E-state index contributed by atoms with van der Waals surface area (Å²) < 4.78 is 31.4. The molecular weight excluding hydrogens is 246 g/mol. The molecular formula is C12H12F2O4. The smallest absolute Gasteiger partial charge is 0.306 e. The Hall–Kier alpha value is -1.98. The molecule has 0 saturated heterocycles. The van der Waals surface area contributed by atoms with Gasteiger partial charge in [0.2, 0.25) is 0 Å². The van der Waals surface area contributed by atoms with E-state index < -0.39 is 41.3 Å². The number of carboxylic acids is 1. The van der Waals surface area contributed by atoms with Crippen LogP contribution in [0.15, 0.2) is 12.1 Å². The van der Waals surface area contributed by atoms with Crippen molar-refractivity contribution in [3.05, 3.63) is 29.3 Å². The normalized spacial score (nSPS) is 12.0. The van der Waals surface area contributed by atoms with Crippen LogP contribution in [0.2, 0.25) is 0 Å². The number of halogens is 2. The molecule has 0 fully saturated rings. The summed E-state index contributed by atoms with van der Waals surface area (Å²) in [7, 11) is 1.17. The molecule has 0 bridgehead atoms. The van der Waals surface area contributed by atoms with Gasteiger partial charge in [-0.1, -0.05) is 6.92 Å². The predicted octanol–water partition coefficient (Wildman–Crippen LogP) is 2.27. The lowest BCUT2D eigenvalue weighted by Gasteiger charge is -2.08. The minimum absolute atomic E-state index is 0.310. The fourth-order valence-electron chi connectivity index (χ4n) is 1.37. The van der Waals surface area contributed by atoms with Crippen molar-refractivity contribution in [1.82, 2.24) is 0 Å². The third kappa shape index (κ3) is 3.03. The fourth-order valence-corrected chi connectivity index (χ4v) is 1.37. The molecule has 0 heterocycles. The zero-order valence-corrected chi connectivity index (χ0v) is 9.87. The topological polar surface area (TPSA) is 63.6 Å². The summed E-state index contributed by atoms with van der Waals surface area (Å²) in [6, 6.07) is 1.47. The molecule has 0 amide bonds. The number of rotatable bonds is 5. The molecule has 4 nitrogen and oxygen atoms in total. The number of carbonyl (C=O) groups is 2. The number of Topliss-reactive ketones (excluding diaryl/α,β-unsaturated/α-hetero) is 1. The van der Waals surface area contributed by atoms with Gasteiger partial charge < -0.3 is 9.84 Å². The summed E-state index contributed by atoms with van der Waals surface area (Å²) in [6.07, 6.45) is -0.391. The first-order valence-electron chi connectivity index (χ1n) is 5.15. The summed E-state index contributed by atoms with van der Waals surface area (Å²) in [5.74, 6) is -5.00. The first-order chi connectivity index (χ1) is 8.36. The Labute approximate surface area is 102 Å². The van der Waals surface area contributed by atoms with Gasteiger partial charge in [-0.2, -0.15) is 0 Å². The molecule has 18 heavy (non-hydrogen) atoms. The Morgan fingerprint density at radius 3 is 2.44 bits per heavy atom. The summed E-state index contributed by atoms with van der Waals surface area (Å²) >= 11 is 0. The fraction of sp³-hybridized carbons (Fsp3) is 0.333. The van der Waals surface area contributed by atoms with E-state index in [1.165, 1.54) is 14.0 Å². The molecule has 0 aliphatic carbocycles. The molecule has 0 aromatic heterocycles. The molecule has 0 aliphatic rings. The van der Waals surface area contributed by atoms with Crippen LogP contribution < -0.4 is 4.74 Å². The molecule has 1 atom stereocenters. The van der Waals surface area contributed by atoms with E-state index in [9.17, 15) is 18.4 Å². The van der Waals surface area contributed by atoms with Crippen molar-refractivity contribution >= 4 is 11.8 Å². The molecule has 0 spiro atoms. The van der Waals surface area contributed by atoms with Gasteiger partial charge in [-0.05, 0) is 6.07 Å². The number of carbonyl (C=O) groups excluding carboxylic acids is 1. The van der Waals surface area contributed by atoms with E-state index in [2.05, 4.69) is 4.74 Å². The number of carboxylic acid groups (broad SMARTS) is 1. The number of ether oxygens (including phenoxy) is 1. The predicted molar refractivity (Wildman–Crippen MR) is 58.7 cm³/mol. The molecule has 0 saturated carbocycles. The molecule has 0 radical (unpaired) electrons. The molecule has 1 unspecified atom stereocenters. The highest BCUT2D eigenvalue weighted by molar-refractivity contribution is 5.98. The molecule has 0 aliphatic heterocycles. The first kappa shape index (κ1) is 14.1. The van der Waals surface area contributed by atoms with Crippen LogP contribution >= 0.6 is 0 Å². The Kier molecular flexibility index (Phi) is 4.36. The lowest BCUT2D eigenvalue weighted by molar-refractivity contribution is -0.141. The second kappa shape index (κ2) is 5.57. The van der Waals surface area contributed by atoms with E-state index >= 15 is 0 Å². The number of hydrogen-bond donors (Lipinski definition) is 1. The van der Waals surface area contributed by atoms with Gasteiger partial charge in [0, 0.05) is 12.5 Å². The van der Waals surface area contributed by atoms with Crippen LogP contribution in [-0.4, -0.2) is 24.0 Å². The van der Waals surface area contributed by atoms with Crippen LogP contribution in [0.1, 0.15) is 23.7 Å². The minimum atomic E-state index is -1.17. The van der Waals surface area contributed by atoms with Gasteiger partial charge in [0.05, 0.1) is 18.6 Å². The molecule has 6 heteroatoms. The van der Waals surface area contributed by atoms with Gasteiger partial charge in [0.1, 0.15) is 5.82 Å². The third-order valence-electron chi connectivity index (χ3n) is 2.46. The van der Waals surface area contributed by atoms with Crippen LogP contribution in [0.25, 0.3) is 0 Å². The quantitative estimate of drug-likeness (QED) is 0.823. The average Bonchev–Trinajstić information content (AvgIpc) is 2.31. The van der Waals surface area contributed by atoms with Gasteiger partial charge in [-0.15, -0.1) is 0 Å². The molecule has 98 valence electrons. The number of aliphatic carboxylic acids is 1. The van der Waals surface area contributed by atoms with Crippen LogP contribution in [0.5, 0.6) is 5.75 Å². The molecule has 1 rings (SSSR count). The van der Waals surface area contributed by atoms with Crippen molar-refractivity contribution < 1.29 is 28.2 Å². The minimum Gasteiger partial charge on any atom is -0.494 e. The van der Waals surface area contributed by atoms with Crippen molar-refractivity contribution in [3.8, 4) is 5.75 Å². The highest BCUT2D eigenvalue weighted by Gasteiger charge is 2.21. The molecule has 1 aromatic rings. The SMILES string of the molecule is COc1cc(F)c(C(=O)CC(C)C(=O)O)cc1F. The zero-order valence-electron chi connectivity index (χ0n) is 9.87. The van der Waals surface area contributed by atoms with Crippen LogP contribution in [0.3, 0.4) is 0 Å². The maximum atomic E-state index is 13.5. The Morgan fingerprint density at radius 2 is 1.94 bits per heavy atom. The second-order valence-corrected chi connectivity index (χ2v) is 3.83. The van der Waals surface area contributed by atoms with E-state index in [0.29, 0.717) is 6.07 Å². The highest BCUT2D eigenvalue weighted by atomic mass is 19.1. The van der Waals surface area contributed by atoms with E-state index in [4.69, 9.17) is 5.11 Å². The largest absolute Gasteiger partial charge is 0.494 e. The lowest BCUT2D eigenvalue weighted by Crippen LogP contribution is -2.15. The molecule has 1 N–H and O–H groups in total. The van der Waals surface area contributed by atoms with E-state index in [0.717, 1.165) is 6.07 Å². The standard InChI is InChI=1S/C12H12F2O4/c1-6(12(16)17)3-10(15)7-4-9(14)11(18-2)5-8(7)13/h4-6H,3H2,1-2H3,(H,16,17). The van der Waals surface area contributed by atoms with Crippen LogP contribution in [-0.2, 0) is 4.79 Å². The van der Waals surface area contributed by atoms with Crippen LogP contribution in [0.4, 0.5) is 8.78 Å². The zero-order chi connectivity index (χ0) is 13.9. The van der Waals surface area contributed by atoms with Gasteiger partial charge in [-0.25, -0.2) is 8.78 Å². The van der Waals surface area contributed by atoms with Gasteiger partial charge in [-0.3, -0.25) is 9.59 Å². The van der Waals surface area contributed by atoms with E-state index in [-0.39, 0.29) is 5.75 Å². The summed E-state index contributed by atoms with van der Waals surface area (Å²) in [6.45, 7) is 1.32. The summed E-state index contributed by atoms with van der Waals surface area (Å²) in [5.41, 5.74) is -0.471. The lowest BCUT2D eigenvalue weighted by atomic mass is 9.99. The van der Waals surface area contributed by atoms with Gasteiger partial charge in [0.15, 0.2) is 17.3 Å². The Balaban J connectivity index is 3.00. The summed E-state index contributed by atoms with van der Waals surface area (Å²) in [5, 5.41) is 8.64. The van der Waals surface area contributed by atoms with E-state index in [1.807, 2.05) is 0 Å². The maximum absolute atomic E-state index is 13.5. The van der Waals surface area contributed by atoms with Crippen molar-refractivity contribution in [3.63, 3.8) is 0 Å². The Morgan fingerprint density at radius 1 is 1.33 bits per heavy atom.